The van der Waals surface area contributed by atoms with Crippen LogP contribution in [0.3, 0.4) is 0 Å². The summed E-state index contributed by atoms with van der Waals surface area (Å²) in [5.74, 6) is -0.0834. The molecule has 1 aliphatic rings. The maximum atomic E-state index is 13.0. The minimum Gasteiger partial charge on any atom is -0.382 e. The molecule has 8 heteroatoms. The Balaban J connectivity index is 1.44. The van der Waals surface area contributed by atoms with Gasteiger partial charge in [0.25, 0.3) is 5.91 Å². The van der Waals surface area contributed by atoms with Gasteiger partial charge in [0.15, 0.2) is 0 Å². The summed E-state index contributed by atoms with van der Waals surface area (Å²) >= 11 is 0. The third-order valence-electron chi connectivity index (χ3n) is 5.21. The van der Waals surface area contributed by atoms with Crippen LogP contribution in [0.4, 0.5) is 0 Å². The van der Waals surface area contributed by atoms with Crippen molar-refractivity contribution in [2.45, 2.75) is 37.8 Å². The number of hydrogen-bond acceptors (Lipinski definition) is 5. The highest BCUT2D eigenvalue weighted by Crippen LogP contribution is 2.24. The first kappa shape index (κ1) is 18.6. The van der Waals surface area contributed by atoms with Gasteiger partial charge in [-0.2, -0.15) is 0 Å². The number of ether oxygens (including phenoxy) is 2. The van der Waals surface area contributed by atoms with E-state index in [1.807, 2.05) is 22.9 Å². The van der Waals surface area contributed by atoms with Crippen molar-refractivity contribution >= 4 is 16.9 Å². The quantitative estimate of drug-likeness (QED) is 0.611. The molecule has 1 aromatic carbocycles. The van der Waals surface area contributed by atoms with E-state index in [4.69, 9.17) is 9.47 Å². The van der Waals surface area contributed by atoms with Crippen LogP contribution < -0.4 is 5.32 Å². The molecule has 0 unspecified atom stereocenters. The summed E-state index contributed by atoms with van der Waals surface area (Å²) in [6.07, 6.45) is 10.9. The summed E-state index contributed by atoms with van der Waals surface area (Å²) in [7, 11) is 1.67. The minimum absolute atomic E-state index is 0.0834. The number of amides is 1. The number of carbonyl (C=O) groups excluding carboxylic acids is 1. The van der Waals surface area contributed by atoms with Gasteiger partial charge in [-0.15, -0.1) is 0 Å². The molecule has 0 spiro atoms. The predicted octanol–water partition coefficient (Wildman–Crippen LogP) is 2.45. The lowest BCUT2D eigenvalue weighted by atomic mass is 9.92. The van der Waals surface area contributed by atoms with Crippen LogP contribution in [0.25, 0.3) is 16.7 Å². The van der Waals surface area contributed by atoms with Crippen LogP contribution in [0.2, 0.25) is 0 Å². The van der Waals surface area contributed by atoms with Crippen molar-refractivity contribution in [3.05, 3.63) is 42.7 Å². The second kappa shape index (κ2) is 8.53. The average molecular weight is 383 g/mol. The molecule has 0 radical (unpaired) electrons. The van der Waals surface area contributed by atoms with Crippen LogP contribution in [0.5, 0.6) is 0 Å². The molecular formula is C20H25N5O3. The number of H-pyrrole nitrogens is 1. The maximum Gasteiger partial charge on any atom is 0.253 e. The summed E-state index contributed by atoms with van der Waals surface area (Å²) in [6, 6.07) is 3.97. The van der Waals surface area contributed by atoms with Gasteiger partial charge in [0.1, 0.15) is 0 Å². The first-order valence-corrected chi connectivity index (χ1v) is 9.61. The van der Waals surface area contributed by atoms with Gasteiger partial charge in [-0.25, -0.2) is 9.97 Å². The fourth-order valence-electron chi connectivity index (χ4n) is 3.71. The van der Waals surface area contributed by atoms with Gasteiger partial charge in [-0.3, -0.25) is 4.79 Å². The highest BCUT2D eigenvalue weighted by molar-refractivity contribution is 6.05. The Kier molecular flexibility index (Phi) is 5.68. The van der Waals surface area contributed by atoms with Crippen LogP contribution in [0.15, 0.2) is 37.2 Å². The number of hydrogen-bond donors (Lipinski definition) is 2. The van der Waals surface area contributed by atoms with E-state index in [1.165, 1.54) is 0 Å². The summed E-state index contributed by atoms with van der Waals surface area (Å²) in [6.45, 7) is 1.24. The molecule has 4 rings (SSSR count). The van der Waals surface area contributed by atoms with Crippen molar-refractivity contribution in [2.75, 3.05) is 20.3 Å². The van der Waals surface area contributed by atoms with E-state index >= 15 is 0 Å². The number of methoxy groups -OCH3 is 1. The fourth-order valence-corrected chi connectivity index (χ4v) is 3.71. The normalized spacial score (nSPS) is 19.8. The molecule has 1 saturated carbocycles. The molecule has 8 nitrogen and oxygen atoms in total. The molecule has 28 heavy (non-hydrogen) atoms. The Bertz CT molecular complexity index is 913. The fraction of sp³-hybridized carbons (Fsp3) is 0.450. The van der Waals surface area contributed by atoms with Crippen molar-refractivity contribution < 1.29 is 14.3 Å². The van der Waals surface area contributed by atoms with E-state index in [2.05, 4.69) is 20.3 Å². The SMILES string of the molecule is COCCO[C@H]1CC[C@H](NC(=O)c2cc(-n3ccnc3)cc3nc[nH]c23)CC1. The Morgan fingerprint density at radius 1 is 1.29 bits per heavy atom. The number of carbonyl (C=O) groups is 1. The van der Waals surface area contributed by atoms with E-state index in [-0.39, 0.29) is 18.1 Å². The summed E-state index contributed by atoms with van der Waals surface area (Å²) < 4.78 is 12.7. The van der Waals surface area contributed by atoms with Crippen molar-refractivity contribution in [3.63, 3.8) is 0 Å². The molecule has 2 aromatic heterocycles. The topological polar surface area (TPSA) is 94.1 Å². The molecular weight excluding hydrogens is 358 g/mol. The smallest absolute Gasteiger partial charge is 0.253 e. The van der Waals surface area contributed by atoms with Crippen molar-refractivity contribution in [1.82, 2.24) is 24.8 Å². The van der Waals surface area contributed by atoms with E-state index in [0.29, 0.717) is 18.8 Å². The Hall–Kier alpha value is -2.71. The zero-order chi connectivity index (χ0) is 19.3. The lowest BCUT2D eigenvalue weighted by Crippen LogP contribution is -2.39. The number of benzene rings is 1. The zero-order valence-corrected chi connectivity index (χ0v) is 15.9. The average Bonchev–Trinajstić information content (AvgIpc) is 3.40. The number of nitrogens with zero attached hydrogens (tertiary/aromatic N) is 3. The summed E-state index contributed by atoms with van der Waals surface area (Å²) in [4.78, 5) is 24.5. The Labute approximate surface area is 163 Å². The number of rotatable bonds is 7. The number of aromatic amines is 1. The van der Waals surface area contributed by atoms with Crippen LogP contribution in [-0.4, -0.2) is 57.9 Å². The Morgan fingerprint density at radius 2 is 2.14 bits per heavy atom. The second-order valence-corrected chi connectivity index (χ2v) is 7.07. The van der Waals surface area contributed by atoms with Gasteiger partial charge < -0.3 is 24.3 Å². The maximum absolute atomic E-state index is 13.0. The molecule has 0 saturated heterocycles. The highest BCUT2D eigenvalue weighted by Gasteiger charge is 2.24. The number of nitrogens with one attached hydrogen (secondary N) is 2. The van der Waals surface area contributed by atoms with E-state index in [9.17, 15) is 4.79 Å². The van der Waals surface area contributed by atoms with Gasteiger partial charge in [-0.05, 0) is 37.8 Å². The van der Waals surface area contributed by atoms with Gasteiger partial charge in [0, 0.05) is 31.2 Å². The minimum atomic E-state index is -0.0834. The van der Waals surface area contributed by atoms with Crippen molar-refractivity contribution in [2.24, 2.45) is 0 Å². The first-order chi connectivity index (χ1) is 13.7. The molecule has 0 atom stereocenters. The van der Waals surface area contributed by atoms with Gasteiger partial charge in [0.05, 0.1) is 48.6 Å². The molecule has 0 aliphatic heterocycles. The summed E-state index contributed by atoms with van der Waals surface area (Å²) in [5.41, 5.74) is 2.96. The molecule has 1 aliphatic carbocycles. The van der Waals surface area contributed by atoms with Crippen LogP contribution in [0, 0.1) is 0 Å². The molecule has 1 amide bonds. The molecule has 2 N–H and O–H groups in total. The van der Waals surface area contributed by atoms with Gasteiger partial charge >= 0.3 is 0 Å². The second-order valence-electron chi connectivity index (χ2n) is 7.07. The van der Waals surface area contributed by atoms with Gasteiger partial charge in [0.2, 0.25) is 0 Å². The zero-order valence-electron chi connectivity index (χ0n) is 15.9. The predicted molar refractivity (Wildman–Crippen MR) is 105 cm³/mol. The number of imidazole rings is 2. The molecule has 2 heterocycles. The molecule has 3 aromatic rings. The van der Waals surface area contributed by atoms with E-state index < -0.39 is 0 Å². The number of fused-ring (bicyclic) bond motifs is 1. The largest absolute Gasteiger partial charge is 0.382 e. The van der Waals surface area contributed by atoms with E-state index in [0.717, 1.165) is 42.4 Å². The molecule has 1 fully saturated rings. The Morgan fingerprint density at radius 3 is 2.89 bits per heavy atom. The monoisotopic (exact) mass is 383 g/mol. The third-order valence-corrected chi connectivity index (χ3v) is 5.21. The summed E-state index contributed by atoms with van der Waals surface area (Å²) in [5, 5.41) is 3.19. The van der Waals surface area contributed by atoms with Crippen molar-refractivity contribution in [1.29, 1.82) is 0 Å². The van der Waals surface area contributed by atoms with Crippen LogP contribution in [0.1, 0.15) is 36.0 Å². The highest BCUT2D eigenvalue weighted by atomic mass is 16.5. The number of aromatic nitrogens is 4. The first-order valence-electron chi connectivity index (χ1n) is 9.61. The lowest BCUT2D eigenvalue weighted by molar-refractivity contribution is -0.00408. The third kappa shape index (κ3) is 4.07. The van der Waals surface area contributed by atoms with E-state index in [1.54, 1.807) is 26.0 Å². The lowest BCUT2D eigenvalue weighted by Gasteiger charge is -2.29. The van der Waals surface area contributed by atoms with Crippen LogP contribution in [-0.2, 0) is 9.47 Å². The molecule has 0 bridgehead atoms. The van der Waals surface area contributed by atoms with Gasteiger partial charge in [-0.1, -0.05) is 0 Å². The standard InChI is InChI=1S/C20H25N5O3/c1-27-8-9-28-16-4-2-14(3-5-16)24-20(26)17-10-15(25-7-6-21-13-25)11-18-19(17)23-12-22-18/h6-7,10-14,16H,2-5,8-9H2,1H3,(H,22,23)(H,24,26)/t14-,16-. The van der Waals surface area contributed by atoms with Crippen molar-refractivity contribution in [3.8, 4) is 5.69 Å². The van der Waals surface area contributed by atoms with Crippen LogP contribution >= 0.6 is 0 Å². The molecule has 148 valence electrons.